The normalized spacial score (nSPS) is 10.2. The highest BCUT2D eigenvalue weighted by Crippen LogP contribution is 2.30. The van der Waals surface area contributed by atoms with Crippen molar-refractivity contribution in [1.82, 2.24) is 0 Å². The third-order valence-corrected chi connectivity index (χ3v) is 3.82. The van der Waals surface area contributed by atoms with Crippen LogP contribution in [-0.4, -0.2) is 19.6 Å². The molecular formula is C16H15BrClNO3. The maximum Gasteiger partial charge on any atom is 0.262 e. The second-order valence-corrected chi connectivity index (χ2v) is 5.92. The number of hydrogen-bond donors (Lipinski definition) is 1. The summed E-state index contributed by atoms with van der Waals surface area (Å²) < 4.78 is 11.5. The molecule has 0 atom stereocenters. The van der Waals surface area contributed by atoms with Gasteiger partial charge in [-0.15, -0.1) is 0 Å². The second-order valence-electron chi connectivity index (χ2n) is 4.60. The molecule has 1 amide bonds. The molecule has 0 heterocycles. The Morgan fingerprint density at radius 3 is 2.77 bits per heavy atom. The molecule has 0 aromatic heterocycles. The molecule has 6 heteroatoms. The predicted octanol–water partition coefficient (Wildman–Crippen LogP) is 4.44. The highest BCUT2D eigenvalue weighted by molar-refractivity contribution is 9.10. The summed E-state index contributed by atoms with van der Waals surface area (Å²) in [6.07, 6.45) is 0. The molecule has 0 aliphatic rings. The quantitative estimate of drug-likeness (QED) is 0.829. The average molecular weight is 385 g/mol. The molecule has 0 bridgehead atoms. The molecule has 2 aromatic carbocycles. The summed E-state index contributed by atoms with van der Waals surface area (Å²) in [5, 5.41) is 3.34. The van der Waals surface area contributed by atoms with Crippen molar-refractivity contribution in [1.29, 1.82) is 0 Å². The molecule has 1 N–H and O–H groups in total. The lowest BCUT2D eigenvalue weighted by Crippen LogP contribution is -2.20. The first-order valence-corrected chi connectivity index (χ1v) is 7.69. The van der Waals surface area contributed by atoms with Crippen LogP contribution in [0.25, 0.3) is 0 Å². The maximum absolute atomic E-state index is 12.0. The van der Waals surface area contributed by atoms with Gasteiger partial charge in [0.25, 0.3) is 5.91 Å². The van der Waals surface area contributed by atoms with Gasteiger partial charge < -0.3 is 14.8 Å². The van der Waals surface area contributed by atoms with Crippen molar-refractivity contribution in [2.75, 3.05) is 19.0 Å². The Morgan fingerprint density at radius 2 is 2.09 bits per heavy atom. The third-order valence-electron chi connectivity index (χ3n) is 2.92. The Bertz CT molecular complexity index is 691. The van der Waals surface area contributed by atoms with E-state index in [1.807, 2.05) is 19.1 Å². The van der Waals surface area contributed by atoms with Gasteiger partial charge in [0.15, 0.2) is 6.61 Å². The summed E-state index contributed by atoms with van der Waals surface area (Å²) in [7, 11) is 1.52. The van der Waals surface area contributed by atoms with E-state index in [4.69, 9.17) is 21.1 Å². The Balaban J connectivity index is 2.01. The SMILES string of the molecule is COc1cc(Cl)c(C)cc1NC(=O)COc1cccc(Br)c1. The predicted molar refractivity (Wildman–Crippen MR) is 91.0 cm³/mol. The van der Waals surface area contributed by atoms with E-state index in [-0.39, 0.29) is 12.5 Å². The van der Waals surface area contributed by atoms with Gasteiger partial charge >= 0.3 is 0 Å². The van der Waals surface area contributed by atoms with Crippen LogP contribution in [-0.2, 0) is 4.79 Å². The average Bonchev–Trinajstić information content (AvgIpc) is 2.49. The Kier molecular flexibility index (Phi) is 5.69. The van der Waals surface area contributed by atoms with Crippen LogP contribution in [0, 0.1) is 6.92 Å². The van der Waals surface area contributed by atoms with E-state index in [1.165, 1.54) is 7.11 Å². The van der Waals surface area contributed by atoms with Crippen molar-refractivity contribution in [3.05, 3.63) is 51.5 Å². The number of nitrogens with one attached hydrogen (secondary N) is 1. The number of methoxy groups -OCH3 is 1. The minimum absolute atomic E-state index is 0.0960. The van der Waals surface area contributed by atoms with E-state index < -0.39 is 0 Å². The van der Waals surface area contributed by atoms with Crippen LogP contribution >= 0.6 is 27.5 Å². The zero-order valence-electron chi connectivity index (χ0n) is 12.2. The van der Waals surface area contributed by atoms with Crippen molar-refractivity contribution >= 4 is 39.1 Å². The summed E-state index contributed by atoms with van der Waals surface area (Å²) in [6, 6.07) is 10.7. The van der Waals surface area contributed by atoms with Crippen molar-refractivity contribution < 1.29 is 14.3 Å². The van der Waals surface area contributed by atoms with Gasteiger partial charge in [0.2, 0.25) is 0 Å². The smallest absolute Gasteiger partial charge is 0.262 e. The first kappa shape index (κ1) is 16.6. The van der Waals surface area contributed by atoms with Crippen molar-refractivity contribution in [3.63, 3.8) is 0 Å². The van der Waals surface area contributed by atoms with Gasteiger partial charge in [-0.2, -0.15) is 0 Å². The van der Waals surface area contributed by atoms with E-state index in [0.29, 0.717) is 22.2 Å². The molecule has 0 aliphatic heterocycles. The van der Waals surface area contributed by atoms with E-state index in [0.717, 1.165) is 10.0 Å². The first-order chi connectivity index (χ1) is 10.5. The fraction of sp³-hybridized carbons (Fsp3) is 0.188. The number of rotatable bonds is 5. The van der Waals surface area contributed by atoms with Crippen molar-refractivity contribution in [3.8, 4) is 11.5 Å². The minimum Gasteiger partial charge on any atom is -0.495 e. The number of benzene rings is 2. The molecule has 116 valence electrons. The number of ether oxygens (including phenoxy) is 2. The van der Waals surface area contributed by atoms with Crippen molar-refractivity contribution in [2.45, 2.75) is 6.92 Å². The number of anilines is 1. The number of halogens is 2. The van der Waals surface area contributed by atoms with Crippen LogP contribution in [0.5, 0.6) is 11.5 Å². The number of amides is 1. The second kappa shape index (κ2) is 7.51. The van der Waals surface area contributed by atoms with Gasteiger partial charge in [-0.1, -0.05) is 33.6 Å². The number of aryl methyl sites for hydroxylation is 1. The van der Waals surface area contributed by atoms with Crippen LogP contribution in [0.3, 0.4) is 0 Å². The topological polar surface area (TPSA) is 47.6 Å². The Morgan fingerprint density at radius 1 is 1.32 bits per heavy atom. The van der Waals surface area contributed by atoms with E-state index in [9.17, 15) is 4.79 Å². The lowest BCUT2D eigenvalue weighted by Gasteiger charge is -2.12. The molecule has 22 heavy (non-hydrogen) atoms. The molecule has 0 aliphatic carbocycles. The van der Waals surface area contributed by atoms with Gasteiger partial charge in [-0.3, -0.25) is 4.79 Å². The first-order valence-electron chi connectivity index (χ1n) is 6.52. The molecular weight excluding hydrogens is 370 g/mol. The van der Waals surface area contributed by atoms with Gasteiger partial charge in [0.1, 0.15) is 11.5 Å². The molecule has 0 saturated carbocycles. The summed E-state index contributed by atoms with van der Waals surface area (Å²) in [6.45, 7) is 1.76. The van der Waals surface area contributed by atoms with E-state index in [1.54, 1.807) is 24.3 Å². The lowest BCUT2D eigenvalue weighted by atomic mass is 10.2. The molecule has 2 aromatic rings. The summed E-state index contributed by atoms with van der Waals surface area (Å²) >= 11 is 9.38. The fourth-order valence-corrected chi connectivity index (χ4v) is 2.35. The van der Waals surface area contributed by atoms with Crippen LogP contribution in [0.4, 0.5) is 5.69 Å². The maximum atomic E-state index is 12.0. The molecule has 0 radical (unpaired) electrons. The molecule has 0 fully saturated rings. The van der Waals surface area contributed by atoms with Gasteiger partial charge in [0.05, 0.1) is 12.8 Å². The Labute approximate surface area is 142 Å². The zero-order chi connectivity index (χ0) is 16.1. The largest absolute Gasteiger partial charge is 0.495 e. The molecule has 0 unspecified atom stereocenters. The fourth-order valence-electron chi connectivity index (χ4n) is 1.82. The molecule has 0 spiro atoms. The van der Waals surface area contributed by atoms with Gasteiger partial charge in [0, 0.05) is 15.6 Å². The zero-order valence-corrected chi connectivity index (χ0v) is 14.5. The summed E-state index contributed by atoms with van der Waals surface area (Å²) in [5.41, 5.74) is 1.41. The Hall–Kier alpha value is -1.72. The number of carbonyl (C=O) groups excluding carboxylic acids is 1. The van der Waals surface area contributed by atoms with Crippen LogP contribution in [0.2, 0.25) is 5.02 Å². The van der Waals surface area contributed by atoms with Gasteiger partial charge in [-0.05, 0) is 36.8 Å². The molecule has 0 saturated heterocycles. The van der Waals surface area contributed by atoms with Crippen molar-refractivity contribution in [2.24, 2.45) is 0 Å². The standard InChI is InChI=1S/C16H15BrClNO3/c1-10-6-14(15(21-2)8-13(10)18)19-16(20)9-22-12-5-3-4-11(17)7-12/h3-8H,9H2,1-2H3,(H,19,20). The van der Waals surface area contributed by atoms with Gasteiger partial charge in [-0.25, -0.2) is 0 Å². The highest BCUT2D eigenvalue weighted by Gasteiger charge is 2.11. The third kappa shape index (κ3) is 4.39. The van der Waals surface area contributed by atoms with Crippen LogP contribution < -0.4 is 14.8 Å². The lowest BCUT2D eigenvalue weighted by molar-refractivity contribution is -0.118. The number of hydrogen-bond acceptors (Lipinski definition) is 3. The minimum atomic E-state index is -0.278. The molecule has 4 nitrogen and oxygen atoms in total. The monoisotopic (exact) mass is 383 g/mol. The highest BCUT2D eigenvalue weighted by atomic mass is 79.9. The van der Waals surface area contributed by atoms with E-state index in [2.05, 4.69) is 21.2 Å². The van der Waals surface area contributed by atoms with E-state index >= 15 is 0 Å². The summed E-state index contributed by atoms with van der Waals surface area (Å²) in [4.78, 5) is 12.0. The van der Waals surface area contributed by atoms with Crippen LogP contribution in [0.15, 0.2) is 40.9 Å². The number of carbonyl (C=O) groups is 1. The summed E-state index contributed by atoms with van der Waals surface area (Å²) in [5.74, 6) is 0.843. The molecule has 2 rings (SSSR count). The van der Waals surface area contributed by atoms with Crippen LogP contribution in [0.1, 0.15) is 5.56 Å².